The number of carbonyl (C=O) groups excluding carboxylic acids is 1. The van der Waals surface area contributed by atoms with Crippen LogP contribution in [-0.2, 0) is 9.53 Å². The van der Waals surface area contributed by atoms with Crippen molar-refractivity contribution >= 4 is 5.91 Å². The highest BCUT2D eigenvalue weighted by Crippen LogP contribution is 2.20. The minimum Gasteiger partial charge on any atom is -0.368 e. The minimum atomic E-state index is -0.00626. The molecule has 1 rings (SSSR count). The van der Waals surface area contributed by atoms with Crippen LogP contribution >= 0.6 is 0 Å². The van der Waals surface area contributed by atoms with Crippen molar-refractivity contribution < 1.29 is 9.53 Å². The van der Waals surface area contributed by atoms with E-state index in [1.807, 2.05) is 14.0 Å². The Bertz CT molecular complexity index is 189. The van der Waals surface area contributed by atoms with Gasteiger partial charge in [-0.05, 0) is 39.7 Å². The van der Waals surface area contributed by atoms with E-state index in [4.69, 9.17) is 4.74 Å². The van der Waals surface area contributed by atoms with Crippen LogP contribution in [0.4, 0.5) is 0 Å². The fourth-order valence-corrected chi connectivity index (χ4v) is 1.96. The van der Waals surface area contributed by atoms with Gasteiger partial charge < -0.3 is 15.4 Å². The summed E-state index contributed by atoms with van der Waals surface area (Å²) in [6.07, 6.45) is 4.69. The molecule has 1 aliphatic rings. The summed E-state index contributed by atoms with van der Waals surface area (Å²) in [5, 5.41) is 6.00. The Balaban J connectivity index is 2.10. The standard InChI is InChI=1S/C11H22N2O2/c1-3-13-11(14)8-15-10-6-4-9(12-2)5-7-10/h9-10,12H,3-8H2,1-2H3,(H,13,14). The first kappa shape index (κ1) is 12.5. The molecule has 1 fully saturated rings. The lowest BCUT2D eigenvalue weighted by Crippen LogP contribution is -2.35. The average Bonchev–Trinajstić information content (AvgIpc) is 2.27. The van der Waals surface area contributed by atoms with Gasteiger partial charge >= 0.3 is 0 Å². The van der Waals surface area contributed by atoms with E-state index in [1.165, 1.54) is 0 Å². The Kier molecular flexibility index (Phi) is 5.65. The van der Waals surface area contributed by atoms with Gasteiger partial charge in [0.1, 0.15) is 6.61 Å². The van der Waals surface area contributed by atoms with Crippen LogP contribution in [0.1, 0.15) is 32.6 Å². The van der Waals surface area contributed by atoms with Crippen LogP contribution in [0.3, 0.4) is 0 Å². The highest BCUT2D eigenvalue weighted by molar-refractivity contribution is 5.77. The maximum absolute atomic E-state index is 11.2. The zero-order chi connectivity index (χ0) is 11.1. The van der Waals surface area contributed by atoms with Gasteiger partial charge in [0.25, 0.3) is 0 Å². The lowest BCUT2D eigenvalue weighted by Gasteiger charge is -2.28. The molecule has 4 heteroatoms. The number of likely N-dealkylation sites (N-methyl/N-ethyl adjacent to an activating group) is 1. The lowest BCUT2D eigenvalue weighted by atomic mass is 9.93. The van der Waals surface area contributed by atoms with Gasteiger partial charge in [0, 0.05) is 12.6 Å². The summed E-state index contributed by atoms with van der Waals surface area (Å²) >= 11 is 0. The molecule has 0 heterocycles. The Morgan fingerprint density at radius 3 is 2.53 bits per heavy atom. The first-order valence-corrected chi connectivity index (χ1v) is 5.81. The van der Waals surface area contributed by atoms with Crippen molar-refractivity contribution in [2.24, 2.45) is 0 Å². The Morgan fingerprint density at radius 1 is 1.33 bits per heavy atom. The van der Waals surface area contributed by atoms with Crippen molar-refractivity contribution in [3.8, 4) is 0 Å². The second-order valence-electron chi connectivity index (χ2n) is 4.03. The number of ether oxygens (including phenoxy) is 1. The summed E-state index contributed by atoms with van der Waals surface area (Å²) in [6, 6.07) is 0.634. The molecule has 88 valence electrons. The first-order chi connectivity index (χ1) is 7.26. The molecule has 0 aromatic carbocycles. The Hall–Kier alpha value is -0.610. The summed E-state index contributed by atoms with van der Waals surface area (Å²) in [5.74, 6) is -0.00626. The maximum atomic E-state index is 11.2. The van der Waals surface area contributed by atoms with Crippen LogP contribution < -0.4 is 10.6 Å². The molecule has 4 nitrogen and oxygen atoms in total. The van der Waals surface area contributed by atoms with Gasteiger partial charge in [-0.15, -0.1) is 0 Å². The van der Waals surface area contributed by atoms with Gasteiger partial charge in [0.15, 0.2) is 0 Å². The molecule has 0 aromatic rings. The van der Waals surface area contributed by atoms with Gasteiger partial charge in [-0.1, -0.05) is 0 Å². The predicted molar refractivity (Wildman–Crippen MR) is 59.7 cm³/mol. The first-order valence-electron chi connectivity index (χ1n) is 5.81. The SMILES string of the molecule is CCNC(=O)COC1CCC(NC)CC1. The van der Waals surface area contributed by atoms with E-state index in [9.17, 15) is 4.79 Å². The predicted octanol–water partition coefficient (Wildman–Crippen LogP) is 0.670. The van der Waals surface area contributed by atoms with Crippen molar-refractivity contribution in [3.63, 3.8) is 0 Å². The molecule has 0 radical (unpaired) electrons. The van der Waals surface area contributed by atoms with Gasteiger partial charge in [-0.2, -0.15) is 0 Å². The largest absolute Gasteiger partial charge is 0.368 e. The third-order valence-corrected chi connectivity index (χ3v) is 2.91. The number of nitrogens with one attached hydrogen (secondary N) is 2. The second kappa shape index (κ2) is 6.80. The van der Waals surface area contributed by atoms with E-state index in [0.717, 1.165) is 25.7 Å². The summed E-state index contributed by atoms with van der Waals surface area (Å²) in [7, 11) is 2.00. The van der Waals surface area contributed by atoms with Gasteiger partial charge in [0.2, 0.25) is 5.91 Å². The van der Waals surface area contributed by atoms with Crippen LogP contribution in [0.25, 0.3) is 0 Å². The zero-order valence-electron chi connectivity index (χ0n) is 9.71. The molecule has 0 bridgehead atoms. The van der Waals surface area contributed by atoms with Gasteiger partial charge in [0.05, 0.1) is 6.10 Å². The third kappa shape index (κ3) is 4.62. The zero-order valence-corrected chi connectivity index (χ0v) is 9.71. The quantitative estimate of drug-likeness (QED) is 0.707. The molecule has 0 spiro atoms. The molecular formula is C11H22N2O2. The molecular weight excluding hydrogens is 192 g/mol. The summed E-state index contributed by atoms with van der Waals surface area (Å²) < 4.78 is 5.55. The van der Waals surface area contributed by atoms with E-state index in [-0.39, 0.29) is 18.6 Å². The number of amides is 1. The van der Waals surface area contributed by atoms with Crippen LogP contribution in [0.2, 0.25) is 0 Å². The monoisotopic (exact) mass is 214 g/mol. The highest BCUT2D eigenvalue weighted by Gasteiger charge is 2.20. The molecule has 15 heavy (non-hydrogen) atoms. The third-order valence-electron chi connectivity index (χ3n) is 2.91. The molecule has 0 aliphatic heterocycles. The van der Waals surface area contributed by atoms with E-state index in [0.29, 0.717) is 12.6 Å². The molecule has 1 amide bonds. The topological polar surface area (TPSA) is 50.4 Å². The number of hydrogen-bond acceptors (Lipinski definition) is 3. The van der Waals surface area contributed by atoms with Crippen LogP contribution in [0.5, 0.6) is 0 Å². The smallest absolute Gasteiger partial charge is 0.246 e. The second-order valence-corrected chi connectivity index (χ2v) is 4.03. The number of rotatable bonds is 5. The van der Waals surface area contributed by atoms with Crippen molar-refractivity contribution in [1.82, 2.24) is 10.6 Å². The Labute approximate surface area is 91.8 Å². The van der Waals surface area contributed by atoms with E-state index in [2.05, 4.69) is 10.6 Å². The van der Waals surface area contributed by atoms with Crippen LogP contribution in [-0.4, -0.2) is 38.3 Å². The normalized spacial score (nSPS) is 26.3. The molecule has 1 aliphatic carbocycles. The molecule has 0 atom stereocenters. The van der Waals surface area contributed by atoms with Gasteiger partial charge in [-0.3, -0.25) is 4.79 Å². The highest BCUT2D eigenvalue weighted by atomic mass is 16.5. The van der Waals surface area contributed by atoms with Crippen molar-refractivity contribution in [3.05, 3.63) is 0 Å². The molecule has 1 saturated carbocycles. The molecule has 2 N–H and O–H groups in total. The van der Waals surface area contributed by atoms with E-state index in [1.54, 1.807) is 0 Å². The molecule has 0 unspecified atom stereocenters. The van der Waals surface area contributed by atoms with Crippen molar-refractivity contribution in [1.29, 1.82) is 0 Å². The van der Waals surface area contributed by atoms with Crippen molar-refractivity contribution in [2.75, 3.05) is 20.2 Å². The van der Waals surface area contributed by atoms with Crippen molar-refractivity contribution in [2.45, 2.75) is 44.8 Å². The summed E-state index contributed by atoms with van der Waals surface area (Å²) in [5.41, 5.74) is 0. The summed E-state index contributed by atoms with van der Waals surface area (Å²) in [4.78, 5) is 11.2. The average molecular weight is 214 g/mol. The fourth-order valence-electron chi connectivity index (χ4n) is 1.96. The fraction of sp³-hybridized carbons (Fsp3) is 0.909. The minimum absolute atomic E-state index is 0.00626. The number of hydrogen-bond donors (Lipinski definition) is 2. The van der Waals surface area contributed by atoms with E-state index < -0.39 is 0 Å². The Morgan fingerprint density at radius 2 is 2.00 bits per heavy atom. The molecule has 0 aromatic heterocycles. The lowest BCUT2D eigenvalue weighted by molar-refractivity contribution is -0.128. The molecule has 0 saturated heterocycles. The van der Waals surface area contributed by atoms with E-state index >= 15 is 0 Å². The maximum Gasteiger partial charge on any atom is 0.246 e. The summed E-state index contributed by atoms with van der Waals surface area (Å²) in [6.45, 7) is 2.80. The number of carbonyl (C=O) groups is 1. The van der Waals surface area contributed by atoms with Crippen LogP contribution in [0.15, 0.2) is 0 Å². The van der Waals surface area contributed by atoms with Crippen LogP contribution in [0, 0.1) is 0 Å². The van der Waals surface area contributed by atoms with Gasteiger partial charge in [-0.25, -0.2) is 0 Å².